The van der Waals surface area contributed by atoms with E-state index in [0.717, 1.165) is 24.8 Å². The van der Waals surface area contributed by atoms with E-state index < -0.39 is 74.3 Å². The maximum Gasteiger partial charge on any atom is 0.319 e. The summed E-state index contributed by atoms with van der Waals surface area (Å²) in [5.41, 5.74) is 0.244. The van der Waals surface area contributed by atoms with E-state index in [1.807, 2.05) is 17.5 Å². The van der Waals surface area contributed by atoms with Crippen LogP contribution in [0.25, 0.3) is 22.0 Å². The third-order valence-electron chi connectivity index (χ3n) is 10.6. The van der Waals surface area contributed by atoms with Gasteiger partial charge in [-0.25, -0.2) is 13.4 Å². The topological polar surface area (TPSA) is 192 Å². The zero-order valence-electron chi connectivity index (χ0n) is 29.8. The molecule has 1 aromatic carbocycles. The van der Waals surface area contributed by atoms with Crippen molar-refractivity contribution in [2.45, 2.75) is 87.8 Å². The Labute approximate surface area is 311 Å². The first-order chi connectivity index (χ1) is 25.3. The summed E-state index contributed by atoms with van der Waals surface area (Å²) in [5.74, 6) is -4.22. The Morgan fingerprint density at radius 2 is 1.79 bits per heavy atom. The highest BCUT2D eigenvalue weighted by molar-refractivity contribution is 7.91. The number of likely N-dealkylation sites (tertiary alicyclic amines) is 1. The molecule has 2 aromatic heterocycles. The van der Waals surface area contributed by atoms with Crippen LogP contribution >= 0.6 is 11.3 Å². The lowest BCUT2D eigenvalue weighted by atomic mass is 9.92. The summed E-state index contributed by atoms with van der Waals surface area (Å²) in [6.45, 7) is 7.26. The van der Waals surface area contributed by atoms with E-state index in [0.29, 0.717) is 35.0 Å². The van der Waals surface area contributed by atoms with Crippen molar-refractivity contribution in [1.82, 2.24) is 34.9 Å². The number of benzene rings is 1. The summed E-state index contributed by atoms with van der Waals surface area (Å²) in [4.78, 5) is 63.1. The van der Waals surface area contributed by atoms with Crippen molar-refractivity contribution < 1.29 is 37.1 Å². The van der Waals surface area contributed by atoms with Crippen LogP contribution in [-0.2, 0) is 33.9 Å². The van der Waals surface area contributed by atoms with Crippen molar-refractivity contribution in [3.05, 3.63) is 48.5 Å². The fraction of sp³-hybridized carbons (Fsp3) is 0.528. The molecular formula is C36H43N7O8S2. The SMILES string of the molecule is C=CC1CC1(NC(=O)[C@@H]1C[C@@H](n2nc(-c3ccc(OC)cc3)c(-c3nccs3)n2)CN1C(=O)[C@@H](C(=O)OC1CCC1)C(C)C)C(=O)NS(=O)(=O)C1CC1. The summed E-state index contributed by atoms with van der Waals surface area (Å²) in [7, 11) is -2.33. The number of methoxy groups -OCH3 is 1. The quantitative estimate of drug-likeness (QED) is 0.139. The van der Waals surface area contributed by atoms with Gasteiger partial charge in [0.25, 0.3) is 5.91 Å². The minimum absolute atomic E-state index is 0.0228. The molecule has 3 saturated carbocycles. The zero-order valence-corrected chi connectivity index (χ0v) is 31.4. The van der Waals surface area contributed by atoms with Gasteiger partial charge in [-0.15, -0.1) is 23.0 Å². The summed E-state index contributed by atoms with van der Waals surface area (Å²) >= 11 is 1.39. The van der Waals surface area contributed by atoms with Gasteiger partial charge in [0.15, 0.2) is 0 Å². The lowest BCUT2D eigenvalue weighted by Crippen LogP contribution is -2.57. The summed E-state index contributed by atoms with van der Waals surface area (Å²) in [5, 5.41) is 14.3. The van der Waals surface area contributed by atoms with Crippen molar-refractivity contribution in [3.63, 3.8) is 0 Å². The standard InChI is InChI=1S/C36H43N7O8S2/c1-5-22-18-36(22,35(47)41-53(48,49)26-13-14-26)38-31(44)27-17-23(19-42(27)33(45)28(20(2)3)34(46)51-25-7-6-8-25)43-39-29(21-9-11-24(50-4)12-10-21)30(40-43)32-37-15-16-52-32/h5,9-12,15-16,20,22-23,25-28H,1,6-8,13-14,17-19H2,2-4H3,(H,38,44)(H,41,47)/t22?,23-,27+,28+,36?/m1/s1. The van der Waals surface area contributed by atoms with Gasteiger partial charge in [-0.05, 0) is 68.7 Å². The molecule has 1 aliphatic heterocycles. The minimum Gasteiger partial charge on any atom is -0.497 e. The smallest absolute Gasteiger partial charge is 0.319 e. The van der Waals surface area contributed by atoms with E-state index in [1.165, 1.54) is 27.1 Å². The molecule has 0 spiro atoms. The third kappa shape index (κ3) is 7.20. The summed E-state index contributed by atoms with van der Waals surface area (Å²) < 4.78 is 38.6. The number of nitrogens with zero attached hydrogens (tertiary/aromatic N) is 5. The van der Waals surface area contributed by atoms with E-state index in [9.17, 15) is 27.6 Å². The van der Waals surface area contributed by atoms with Crippen molar-refractivity contribution in [2.24, 2.45) is 17.8 Å². The molecule has 0 radical (unpaired) electrons. The van der Waals surface area contributed by atoms with Crippen molar-refractivity contribution >= 4 is 45.1 Å². The second-order valence-electron chi connectivity index (χ2n) is 14.6. The molecule has 5 atom stereocenters. The van der Waals surface area contributed by atoms with Crippen LogP contribution in [-0.4, -0.2) is 93.6 Å². The van der Waals surface area contributed by atoms with Gasteiger partial charge in [0.1, 0.15) is 45.7 Å². The number of nitrogens with one attached hydrogen (secondary N) is 2. The van der Waals surface area contributed by atoms with E-state index in [2.05, 4.69) is 21.6 Å². The molecule has 17 heteroatoms. The van der Waals surface area contributed by atoms with Crippen LogP contribution in [0, 0.1) is 17.8 Å². The Morgan fingerprint density at radius 1 is 1.08 bits per heavy atom. The Balaban J connectivity index is 1.21. The average Bonchev–Trinajstić information content (AvgIpc) is 3.88. The highest BCUT2D eigenvalue weighted by Crippen LogP contribution is 2.46. The van der Waals surface area contributed by atoms with Crippen LogP contribution in [0.2, 0.25) is 0 Å². The second-order valence-corrected chi connectivity index (χ2v) is 17.4. The molecule has 282 valence electrons. The molecule has 15 nitrogen and oxygen atoms in total. The number of hydrogen-bond donors (Lipinski definition) is 2. The number of ether oxygens (including phenoxy) is 2. The third-order valence-corrected chi connectivity index (χ3v) is 13.2. The minimum atomic E-state index is -3.90. The first kappa shape index (κ1) is 36.7. The molecule has 0 bridgehead atoms. The molecule has 7 rings (SSSR count). The van der Waals surface area contributed by atoms with Gasteiger partial charge in [0.05, 0.1) is 18.4 Å². The second kappa shape index (κ2) is 14.3. The van der Waals surface area contributed by atoms with Crippen LogP contribution in [0.4, 0.5) is 0 Å². The first-order valence-corrected chi connectivity index (χ1v) is 20.3. The largest absolute Gasteiger partial charge is 0.497 e. The van der Waals surface area contributed by atoms with Crippen molar-refractivity contribution in [1.29, 1.82) is 0 Å². The molecule has 4 fully saturated rings. The van der Waals surface area contributed by atoms with Gasteiger partial charge in [-0.2, -0.15) is 9.90 Å². The molecule has 3 aromatic rings. The summed E-state index contributed by atoms with van der Waals surface area (Å²) in [6.07, 6.45) is 6.43. The fourth-order valence-corrected chi connectivity index (χ4v) is 8.95. The molecule has 53 heavy (non-hydrogen) atoms. The monoisotopic (exact) mass is 765 g/mol. The molecule has 2 unspecified atom stereocenters. The molecule has 3 heterocycles. The van der Waals surface area contributed by atoms with E-state index in [1.54, 1.807) is 39.3 Å². The van der Waals surface area contributed by atoms with Crippen LogP contribution in [0.1, 0.15) is 64.8 Å². The first-order valence-electron chi connectivity index (χ1n) is 17.9. The Kier molecular flexibility index (Phi) is 9.91. The normalized spacial score (nSPS) is 24.6. The molecule has 4 aliphatic rings. The number of thiazole rings is 1. The van der Waals surface area contributed by atoms with Crippen molar-refractivity contribution in [2.75, 3.05) is 13.7 Å². The number of rotatable bonds is 14. The number of esters is 1. The predicted octanol–water partition coefficient (Wildman–Crippen LogP) is 3.26. The van der Waals surface area contributed by atoms with Crippen LogP contribution in [0.15, 0.2) is 48.5 Å². The maximum atomic E-state index is 14.5. The average molecular weight is 766 g/mol. The van der Waals surface area contributed by atoms with Crippen molar-refractivity contribution in [3.8, 4) is 27.7 Å². The van der Waals surface area contributed by atoms with E-state index in [4.69, 9.17) is 19.7 Å². The number of amides is 3. The van der Waals surface area contributed by atoms with E-state index >= 15 is 0 Å². The van der Waals surface area contributed by atoms with Gasteiger partial charge >= 0.3 is 5.97 Å². The molecule has 2 N–H and O–H groups in total. The van der Waals surface area contributed by atoms with Gasteiger partial charge in [0, 0.05) is 36.0 Å². The van der Waals surface area contributed by atoms with Crippen LogP contribution < -0.4 is 14.8 Å². The molecule has 1 saturated heterocycles. The highest BCUT2D eigenvalue weighted by Gasteiger charge is 2.62. The van der Waals surface area contributed by atoms with Crippen LogP contribution in [0.3, 0.4) is 0 Å². The Morgan fingerprint density at radius 3 is 2.36 bits per heavy atom. The zero-order chi connectivity index (χ0) is 37.7. The molecule has 3 amide bonds. The lowest BCUT2D eigenvalue weighted by Gasteiger charge is -2.32. The Bertz CT molecular complexity index is 2010. The highest BCUT2D eigenvalue weighted by atomic mass is 32.2. The van der Waals surface area contributed by atoms with Crippen LogP contribution in [0.5, 0.6) is 5.75 Å². The number of carbonyl (C=O) groups is 4. The Hall–Kier alpha value is -4.64. The van der Waals surface area contributed by atoms with Gasteiger partial charge < -0.3 is 19.7 Å². The lowest BCUT2D eigenvalue weighted by molar-refractivity contribution is -0.166. The van der Waals surface area contributed by atoms with E-state index in [-0.39, 0.29) is 25.5 Å². The number of hydrogen-bond acceptors (Lipinski definition) is 12. The summed E-state index contributed by atoms with van der Waals surface area (Å²) in [6, 6.07) is 5.55. The fourth-order valence-electron chi connectivity index (χ4n) is 6.97. The maximum absolute atomic E-state index is 14.5. The molecular weight excluding hydrogens is 723 g/mol. The number of carbonyl (C=O) groups excluding carboxylic acids is 4. The van der Waals surface area contributed by atoms with Gasteiger partial charge in [-0.1, -0.05) is 19.9 Å². The molecule has 3 aliphatic carbocycles. The van der Waals surface area contributed by atoms with Gasteiger partial charge in [0.2, 0.25) is 21.8 Å². The van der Waals surface area contributed by atoms with Gasteiger partial charge in [-0.3, -0.25) is 23.9 Å². The number of aromatic nitrogens is 4. The number of sulfonamides is 1. The predicted molar refractivity (Wildman–Crippen MR) is 194 cm³/mol.